The molecule has 0 spiro atoms. The summed E-state index contributed by atoms with van der Waals surface area (Å²) in [5.41, 5.74) is 0.638. The molecule has 5 heteroatoms. The number of nitrogens with zero attached hydrogens (tertiary/aromatic N) is 1. The number of benzene rings is 1. The molecule has 0 saturated carbocycles. The lowest BCUT2D eigenvalue weighted by Gasteiger charge is -2.30. The Labute approximate surface area is 98.6 Å². The number of hydrogen-bond acceptors (Lipinski definition) is 3. The number of carboxylic acids is 1. The third-order valence-electron chi connectivity index (χ3n) is 2.68. The molecule has 0 fully saturated rings. The van der Waals surface area contributed by atoms with Crippen LogP contribution in [0.3, 0.4) is 0 Å². The van der Waals surface area contributed by atoms with Gasteiger partial charge in [-0.25, -0.2) is 4.79 Å². The molecule has 1 aliphatic heterocycles. The van der Waals surface area contributed by atoms with Gasteiger partial charge in [0, 0.05) is 6.42 Å². The standard InChI is InChI=1S/C12H13NO4/c1-2-10(14)13-6-7-17-11-8(12(15)16)4-3-5-9(11)13/h3-5H,2,6-7H2,1H3,(H,15,16). The molecule has 1 amide bonds. The molecule has 0 radical (unpaired) electrons. The fourth-order valence-corrected chi connectivity index (χ4v) is 1.87. The number of carbonyl (C=O) groups excluding carboxylic acids is 1. The average molecular weight is 235 g/mol. The van der Waals surface area contributed by atoms with E-state index in [2.05, 4.69) is 0 Å². The highest BCUT2D eigenvalue weighted by Gasteiger charge is 2.26. The second-order valence-electron chi connectivity index (χ2n) is 3.71. The van der Waals surface area contributed by atoms with Gasteiger partial charge in [-0.3, -0.25) is 4.79 Å². The van der Waals surface area contributed by atoms with E-state index in [1.165, 1.54) is 6.07 Å². The molecule has 1 heterocycles. The first-order valence-electron chi connectivity index (χ1n) is 5.44. The van der Waals surface area contributed by atoms with Gasteiger partial charge in [-0.2, -0.15) is 0 Å². The SMILES string of the molecule is CCC(=O)N1CCOc2c(C(=O)O)cccc21. The van der Waals surface area contributed by atoms with Crippen LogP contribution in [0.1, 0.15) is 23.7 Å². The molecule has 0 bridgehead atoms. The zero-order valence-electron chi connectivity index (χ0n) is 9.47. The van der Waals surface area contributed by atoms with Crippen molar-refractivity contribution >= 4 is 17.6 Å². The van der Waals surface area contributed by atoms with E-state index in [-0.39, 0.29) is 17.2 Å². The van der Waals surface area contributed by atoms with E-state index in [9.17, 15) is 9.59 Å². The fraction of sp³-hybridized carbons (Fsp3) is 0.333. The van der Waals surface area contributed by atoms with Gasteiger partial charge in [-0.05, 0) is 12.1 Å². The van der Waals surface area contributed by atoms with Crippen molar-refractivity contribution in [1.29, 1.82) is 0 Å². The molecular formula is C12H13NO4. The van der Waals surface area contributed by atoms with Crippen LogP contribution < -0.4 is 9.64 Å². The number of rotatable bonds is 2. The molecule has 0 aromatic heterocycles. The van der Waals surface area contributed by atoms with E-state index in [1.54, 1.807) is 24.0 Å². The van der Waals surface area contributed by atoms with Crippen LogP contribution >= 0.6 is 0 Å². The number of carbonyl (C=O) groups is 2. The van der Waals surface area contributed by atoms with Gasteiger partial charge >= 0.3 is 5.97 Å². The van der Waals surface area contributed by atoms with Crippen LogP contribution in [0.2, 0.25) is 0 Å². The molecule has 2 rings (SSSR count). The van der Waals surface area contributed by atoms with Crippen LogP contribution in [-0.4, -0.2) is 30.1 Å². The average Bonchev–Trinajstić information content (AvgIpc) is 2.36. The Kier molecular flexibility index (Phi) is 2.99. The predicted octanol–water partition coefficient (Wildman–Crippen LogP) is 1.52. The highest BCUT2D eigenvalue weighted by molar-refractivity contribution is 5.99. The van der Waals surface area contributed by atoms with Gasteiger partial charge in [-0.1, -0.05) is 13.0 Å². The van der Waals surface area contributed by atoms with E-state index in [4.69, 9.17) is 9.84 Å². The summed E-state index contributed by atoms with van der Waals surface area (Å²) in [5, 5.41) is 9.04. The molecule has 0 saturated heterocycles. The maximum Gasteiger partial charge on any atom is 0.339 e. The van der Waals surface area contributed by atoms with Gasteiger partial charge in [0.2, 0.25) is 5.91 Å². The molecular weight excluding hydrogens is 222 g/mol. The highest BCUT2D eigenvalue weighted by atomic mass is 16.5. The molecule has 0 aliphatic carbocycles. The highest BCUT2D eigenvalue weighted by Crippen LogP contribution is 2.35. The second kappa shape index (κ2) is 4.45. The molecule has 90 valence electrons. The summed E-state index contributed by atoms with van der Waals surface area (Å²) in [4.78, 5) is 24.3. The number of ether oxygens (including phenoxy) is 1. The van der Waals surface area contributed by atoms with Crippen LogP contribution in [0.4, 0.5) is 5.69 Å². The Morgan fingerprint density at radius 1 is 1.47 bits per heavy atom. The Hall–Kier alpha value is -2.04. The van der Waals surface area contributed by atoms with Gasteiger partial charge in [0.15, 0.2) is 5.75 Å². The summed E-state index contributed by atoms with van der Waals surface area (Å²) in [5.74, 6) is -0.794. The summed E-state index contributed by atoms with van der Waals surface area (Å²) in [6, 6.07) is 4.79. The van der Waals surface area contributed by atoms with Crippen molar-refractivity contribution in [3.05, 3.63) is 23.8 Å². The summed E-state index contributed by atoms with van der Waals surface area (Å²) in [7, 11) is 0. The van der Waals surface area contributed by atoms with E-state index in [0.29, 0.717) is 25.3 Å². The molecule has 1 aromatic rings. The van der Waals surface area contributed by atoms with Crippen molar-refractivity contribution in [2.45, 2.75) is 13.3 Å². The third-order valence-corrected chi connectivity index (χ3v) is 2.68. The molecule has 17 heavy (non-hydrogen) atoms. The van der Waals surface area contributed by atoms with Crippen molar-refractivity contribution in [2.75, 3.05) is 18.1 Å². The number of aromatic carboxylic acids is 1. The van der Waals surface area contributed by atoms with Gasteiger partial charge in [0.05, 0.1) is 12.2 Å². The van der Waals surface area contributed by atoms with Gasteiger partial charge < -0.3 is 14.7 Å². The van der Waals surface area contributed by atoms with Crippen LogP contribution in [0.5, 0.6) is 5.75 Å². The molecule has 0 unspecified atom stereocenters. The topological polar surface area (TPSA) is 66.8 Å². The number of fused-ring (bicyclic) bond motifs is 1. The normalized spacial score (nSPS) is 13.8. The fourth-order valence-electron chi connectivity index (χ4n) is 1.87. The maximum atomic E-state index is 11.7. The first-order chi connectivity index (χ1) is 8.15. The monoisotopic (exact) mass is 235 g/mol. The van der Waals surface area contributed by atoms with E-state index in [1.807, 2.05) is 0 Å². The van der Waals surface area contributed by atoms with Crippen molar-refractivity contribution in [3.8, 4) is 5.75 Å². The summed E-state index contributed by atoms with van der Waals surface area (Å²) in [6.45, 7) is 2.56. The summed E-state index contributed by atoms with van der Waals surface area (Å²) >= 11 is 0. The molecule has 5 nitrogen and oxygen atoms in total. The first-order valence-corrected chi connectivity index (χ1v) is 5.44. The molecule has 1 N–H and O–H groups in total. The minimum absolute atomic E-state index is 0.0305. The van der Waals surface area contributed by atoms with Crippen LogP contribution in [0.15, 0.2) is 18.2 Å². The van der Waals surface area contributed by atoms with Gasteiger partial charge in [-0.15, -0.1) is 0 Å². The predicted molar refractivity (Wildman–Crippen MR) is 61.5 cm³/mol. The molecule has 1 aliphatic rings. The van der Waals surface area contributed by atoms with Crippen molar-refractivity contribution < 1.29 is 19.4 Å². The van der Waals surface area contributed by atoms with Crippen LogP contribution in [0, 0.1) is 0 Å². The quantitative estimate of drug-likeness (QED) is 0.843. The maximum absolute atomic E-state index is 11.7. The third kappa shape index (κ3) is 1.95. The Balaban J connectivity index is 2.49. The summed E-state index contributed by atoms with van der Waals surface area (Å²) in [6.07, 6.45) is 0.386. The Morgan fingerprint density at radius 2 is 2.24 bits per heavy atom. The van der Waals surface area contributed by atoms with E-state index in [0.717, 1.165) is 0 Å². The van der Waals surface area contributed by atoms with Crippen molar-refractivity contribution in [3.63, 3.8) is 0 Å². The second-order valence-corrected chi connectivity index (χ2v) is 3.71. The van der Waals surface area contributed by atoms with E-state index >= 15 is 0 Å². The molecule has 0 atom stereocenters. The smallest absolute Gasteiger partial charge is 0.339 e. The Bertz CT molecular complexity index is 470. The van der Waals surface area contributed by atoms with Crippen LogP contribution in [0.25, 0.3) is 0 Å². The lowest BCUT2D eigenvalue weighted by Crippen LogP contribution is -2.37. The zero-order valence-corrected chi connectivity index (χ0v) is 9.47. The lowest BCUT2D eigenvalue weighted by atomic mass is 10.1. The van der Waals surface area contributed by atoms with E-state index < -0.39 is 5.97 Å². The zero-order chi connectivity index (χ0) is 12.4. The van der Waals surface area contributed by atoms with Crippen molar-refractivity contribution in [2.24, 2.45) is 0 Å². The Morgan fingerprint density at radius 3 is 2.88 bits per heavy atom. The lowest BCUT2D eigenvalue weighted by molar-refractivity contribution is -0.118. The number of carboxylic acid groups (broad SMARTS) is 1. The van der Waals surface area contributed by atoms with Gasteiger partial charge in [0.1, 0.15) is 12.2 Å². The number of hydrogen-bond donors (Lipinski definition) is 1. The minimum Gasteiger partial charge on any atom is -0.489 e. The van der Waals surface area contributed by atoms with Gasteiger partial charge in [0.25, 0.3) is 0 Å². The number of amides is 1. The van der Waals surface area contributed by atoms with Crippen molar-refractivity contribution in [1.82, 2.24) is 0 Å². The first kappa shape index (κ1) is 11.4. The molecule has 1 aromatic carbocycles. The van der Waals surface area contributed by atoms with Crippen LogP contribution in [-0.2, 0) is 4.79 Å². The summed E-state index contributed by atoms with van der Waals surface area (Å²) < 4.78 is 5.37. The largest absolute Gasteiger partial charge is 0.489 e. The number of anilines is 1. The minimum atomic E-state index is -1.05. The number of para-hydroxylation sites is 1.